The molecule has 0 fully saturated rings. The Hall–Kier alpha value is -2.70. The number of hydrogen-bond acceptors (Lipinski definition) is 6. The van der Waals surface area contributed by atoms with Crippen molar-refractivity contribution in [1.29, 1.82) is 0 Å². The van der Waals surface area contributed by atoms with E-state index in [0.717, 1.165) is 0 Å². The van der Waals surface area contributed by atoms with Crippen molar-refractivity contribution in [3.63, 3.8) is 0 Å². The normalized spacial score (nSPS) is 11.6. The van der Waals surface area contributed by atoms with Gasteiger partial charge in [-0.15, -0.1) is 0 Å². The number of nitrogens with one attached hydrogen (secondary N) is 1. The monoisotopic (exact) mass is 334 g/mol. The summed E-state index contributed by atoms with van der Waals surface area (Å²) in [5.74, 6) is -0.851. The van der Waals surface area contributed by atoms with Crippen molar-refractivity contribution in [2.24, 2.45) is 10.5 Å². The number of ether oxygens (including phenoxy) is 2. The highest BCUT2D eigenvalue weighted by Gasteiger charge is 2.26. The van der Waals surface area contributed by atoms with E-state index >= 15 is 0 Å². The van der Waals surface area contributed by atoms with Crippen molar-refractivity contribution >= 4 is 23.4 Å². The number of nitrogens with zero attached hydrogens (tertiary/aromatic N) is 1. The molecular weight excluding hydrogens is 312 g/mol. The number of Topliss-reactive ketones (excluding diaryl/α,β-unsaturated/α-hetero) is 1. The number of hydrazone groups is 1. The van der Waals surface area contributed by atoms with Crippen LogP contribution in [0, 0.1) is 5.41 Å². The fourth-order valence-corrected chi connectivity index (χ4v) is 1.62. The van der Waals surface area contributed by atoms with Crippen molar-refractivity contribution in [1.82, 2.24) is 5.43 Å². The quantitative estimate of drug-likeness (QED) is 0.487. The van der Waals surface area contributed by atoms with Gasteiger partial charge in [0, 0.05) is 11.0 Å². The van der Waals surface area contributed by atoms with Crippen molar-refractivity contribution in [2.75, 3.05) is 14.2 Å². The van der Waals surface area contributed by atoms with E-state index < -0.39 is 17.3 Å². The molecule has 0 radical (unpaired) electrons. The van der Waals surface area contributed by atoms with Gasteiger partial charge in [0.15, 0.2) is 5.71 Å². The van der Waals surface area contributed by atoms with Crippen molar-refractivity contribution < 1.29 is 23.9 Å². The molecule has 0 aliphatic carbocycles. The fourth-order valence-electron chi connectivity index (χ4n) is 1.62. The summed E-state index contributed by atoms with van der Waals surface area (Å²) in [7, 11) is 2.71. The molecule has 130 valence electrons. The lowest BCUT2D eigenvalue weighted by molar-refractivity contribution is -0.134. The van der Waals surface area contributed by atoms with Gasteiger partial charge in [0.25, 0.3) is 5.91 Å². The first-order chi connectivity index (χ1) is 11.2. The van der Waals surface area contributed by atoms with Crippen LogP contribution in [-0.4, -0.2) is 37.6 Å². The molecule has 0 spiro atoms. The van der Waals surface area contributed by atoms with Crippen molar-refractivity contribution in [2.45, 2.75) is 27.2 Å². The first-order valence-electron chi connectivity index (χ1n) is 7.31. The van der Waals surface area contributed by atoms with E-state index in [4.69, 9.17) is 4.74 Å². The van der Waals surface area contributed by atoms with Gasteiger partial charge >= 0.3 is 5.97 Å². The first kappa shape index (κ1) is 19.3. The summed E-state index contributed by atoms with van der Waals surface area (Å²) in [5, 5.41) is 3.76. The third-order valence-electron chi connectivity index (χ3n) is 3.23. The van der Waals surface area contributed by atoms with E-state index in [1.807, 2.05) is 0 Å². The number of carbonyl (C=O) groups excluding carboxylic acids is 3. The maximum absolute atomic E-state index is 12.1. The number of hydrogen-bond donors (Lipinski definition) is 1. The number of esters is 1. The molecule has 0 atom stereocenters. The number of methoxy groups -OCH3 is 2. The molecule has 0 aliphatic heterocycles. The Morgan fingerprint density at radius 3 is 2.12 bits per heavy atom. The van der Waals surface area contributed by atoms with Crippen LogP contribution in [0.15, 0.2) is 29.4 Å². The van der Waals surface area contributed by atoms with Crippen LogP contribution in [0.4, 0.5) is 0 Å². The highest BCUT2D eigenvalue weighted by molar-refractivity contribution is 6.40. The summed E-state index contributed by atoms with van der Waals surface area (Å²) in [6.45, 7) is 5.21. The van der Waals surface area contributed by atoms with E-state index in [-0.39, 0.29) is 17.9 Å². The zero-order valence-electron chi connectivity index (χ0n) is 14.5. The van der Waals surface area contributed by atoms with Gasteiger partial charge in [0.05, 0.1) is 20.6 Å². The van der Waals surface area contributed by atoms with E-state index in [9.17, 15) is 14.4 Å². The van der Waals surface area contributed by atoms with E-state index in [0.29, 0.717) is 11.3 Å². The molecule has 1 N–H and O–H groups in total. The molecule has 24 heavy (non-hydrogen) atoms. The highest BCUT2D eigenvalue weighted by Crippen LogP contribution is 2.17. The van der Waals surface area contributed by atoms with Crippen molar-refractivity contribution in [3.05, 3.63) is 29.8 Å². The molecule has 7 heteroatoms. The van der Waals surface area contributed by atoms with Gasteiger partial charge in [-0.2, -0.15) is 5.10 Å². The Morgan fingerprint density at radius 2 is 1.67 bits per heavy atom. The van der Waals surface area contributed by atoms with Gasteiger partial charge in [-0.1, -0.05) is 20.8 Å². The number of benzene rings is 1. The van der Waals surface area contributed by atoms with E-state index in [2.05, 4.69) is 15.3 Å². The molecule has 0 saturated carbocycles. The Balaban J connectivity index is 2.88. The molecule has 0 aromatic heterocycles. The van der Waals surface area contributed by atoms with Crippen LogP contribution in [0.5, 0.6) is 5.75 Å². The Kier molecular flexibility index (Phi) is 6.64. The minimum absolute atomic E-state index is 0.153. The average molecular weight is 334 g/mol. The Labute approximate surface area is 141 Å². The van der Waals surface area contributed by atoms with Gasteiger partial charge in [0.2, 0.25) is 0 Å². The van der Waals surface area contributed by atoms with Crippen LogP contribution in [0.2, 0.25) is 0 Å². The molecule has 0 heterocycles. The highest BCUT2D eigenvalue weighted by atomic mass is 16.5. The maximum Gasteiger partial charge on any atom is 0.354 e. The number of carbonyl (C=O) groups is 3. The topological polar surface area (TPSA) is 94.1 Å². The van der Waals surface area contributed by atoms with Gasteiger partial charge in [-0.3, -0.25) is 9.59 Å². The second-order valence-corrected chi connectivity index (χ2v) is 6.07. The summed E-state index contributed by atoms with van der Waals surface area (Å²) < 4.78 is 9.62. The van der Waals surface area contributed by atoms with Crippen LogP contribution in [0.3, 0.4) is 0 Å². The van der Waals surface area contributed by atoms with E-state index in [1.54, 1.807) is 45.0 Å². The molecular formula is C17H22N2O5. The molecule has 1 aromatic carbocycles. The van der Waals surface area contributed by atoms with Gasteiger partial charge < -0.3 is 9.47 Å². The summed E-state index contributed by atoms with van der Waals surface area (Å²) in [5.41, 5.74) is 1.82. The SMILES string of the molecule is COC(=O)C(CC(=O)C(C)(C)C)=NNC(=O)c1ccc(OC)cc1. The van der Waals surface area contributed by atoms with Gasteiger partial charge in [-0.25, -0.2) is 10.2 Å². The average Bonchev–Trinajstić information content (AvgIpc) is 2.56. The van der Waals surface area contributed by atoms with Gasteiger partial charge in [-0.05, 0) is 24.3 Å². The standard InChI is InChI=1S/C17H22N2O5/c1-17(2,3)14(20)10-13(16(22)24-5)18-19-15(21)11-6-8-12(23-4)9-7-11/h6-9H,10H2,1-5H3,(H,19,21). The van der Waals surface area contributed by atoms with Crippen LogP contribution in [-0.2, 0) is 14.3 Å². The number of amides is 1. The Bertz CT molecular complexity index is 642. The fraction of sp³-hybridized carbons (Fsp3) is 0.412. The summed E-state index contributed by atoms with van der Waals surface area (Å²) in [4.78, 5) is 35.8. The second kappa shape index (κ2) is 8.24. The maximum atomic E-state index is 12.1. The van der Waals surface area contributed by atoms with Crippen LogP contribution in [0.25, 0.3) is 0 Å². The lowest BCUT2D eigenvalue weighted by Crippen LogP contribution is -2.30. The predicted molar refractivity (Wildman–Crippen MR) is 89.0 cm³/mol. The zero-order chi connectivity index (χ0) is 18.3. The minimum Gasteiger partial charge on any atom is -0.497 e. The first-order valence-corrected chi connectivity index (χ1v) is 7.31. The molecule has 0 unspecified atom stereocenters. The van der Waals surface area contributed by atoms with E-state index in [1.165, 1.54) is 14.2 Å². The zero-order valence-corrected chi connectivity index (χ0v) is 14.5. The molecule has 0 bridgehead atoms. The summed E-state index contributed by atoms with van der Waals surface area (Å²) >= 11 is 0. The van der Waals surface area contributed by atoms with Crippen LogP contribution in [0.1, 0.15) is 37.6 Å². The van der Waals surface area contributed by atoms with Crippen LogP contribution >= 0.6 is 0 Å². The molecule has 7 nitrogen and oxygen atoms in total. The molecule has 0 saturated heterocycles. The Morgan fingerprint density at radius 1 is 1.08 bits per heavy atom. The van der Waals surface area contributed by atoms with Crippen LogP contribution < -0.4 is 10.2 Å². The number of rotatable bonds is 6. The molecule has 1 rings (SSSR count). The second-order valence-electron chi connectivity index (χ2n) is 6.07. The third-order valence-corrected chi connectivity index (χ3v) is 3.23. The predicted octanol–water partition coefficient (Wildman–Crippen LogP) is 1.96. The van der Waals surface area contributed by atoms with Crippen molar-refractivity contribution in [3.8, 4) is 5.75 Å². The lowest BCUT2D eigenvalue weighted by Gasteiger charge is -2.16. The third kappa shape index (κ3) is 5.49. The van der Waals surface area contributed by atoms with Gasteiger partial charge in [0.1, 0.15) is 11.5 Å². The summed E-state index contributed by atoms with van der Waals surface area (Å²) in [6.07, 6.45) is -0.223. The largest absolute Gasteiger partial charge is 0.497 e. The summed E-state index contributed by atoms with van der Waals surface area (Å²) in [6, 6.07) is 6.37. The lowest BCUT2D eigenvalue weighted by atomic mass is 9.88. The minimum atomic E-state index is -0.761. The molecule has 0 aliphatic rings. The molecule has 1 aromatic rings. The smallest absolute Gasteiger partial charge is 0.354 e. The number of ketones is 1. The molecule has 1 amide bonds.